The van der Waals surface area contributed by atoms with Gasteiger partial charge in [0.2, 0.25) is 0 Å². The lowest BCUT2D eigenvalue weighted by atomic mass is 10.1. The summed E-state index contributed by atoms with van der Waals surface area (Å²) < 4.78 is 5.05. The van der Waals surface area contributed by atoms with Gasteiger partial charge >= 0.3 is 6.09 Å². The first kappa shape index (κ1) is 16.0. The Morgan fingerprint density at radius 3 is 2.62 bits per heavy atom. The van der Waals surface area contributed by atoms with Gasteiger partial charge in [0.1, 0.15) is 0 Å². The van der Waals surface area contributed by atoms with Gasteiger partial charge in [-0.1, -0.05) is 6.07 Å². The third-order valence-electron chi connectivity index (χ3n) is 3.68. The number of ether oxygens (including phenoxy) is 1. The number of carbonyl (C=O) groups excluding carboxylic acids is 1. The Balaban J connectivity index is 2.07. The summed E-state index contributed by atoms with van der Waals surface area (Å²) in [6.45, 7) is 5.78. The van der Waals surface area contributed by atoms with Gasteiger partial charge in [-0.3, -0.25) is 0 Å². The molecule has 21 heavy (non-hydrogen) atoms. The zero-order valence-corrected chi connectivity index (χ0v) is 13.5. The van der Waals surface area contributed by atoms with Crippen LogP contribution in [0.2, 0.25) is 0 Å². The van der Waals surface area contributed by atoms with Gasteiger partial charge in [-0.05, 0) is 25.3 Å². The fraction of sp³-hybridized carbons (Fsp3) is 0.533. The standard InChI is InChI=1S/C15H23N3O2S/c1-3-20-15(19)18-9-7-17(8-10-18)13-5-4-6-14(21-2)12(13)11-16/h4-6H,3,7-11,16H2,1-2H3. The van der Waals surface area contributed by atoms with Crippen LogP contribution in [-0.2, 0) is 11.3 Å². The van der Waals surface area contributed by atoms with Crippen LogP contribution in [-0.4, -0.2) is 50.0 Å². The molecule has 0 aliphatic carbocycles. The van der Waals surface area contributed by atoms with E-state index >= 15 is 0 Å². The normalized spacial score (nSPS) is 15.2. The topological polar surface area (TPSA) is 58.8 Å². The van der Waals surface area contributed by atoms with Crippen LogP contribution in [0.5, 0.6) is 0 Å². The van der Waals surface area contributed by atoms with Crippen molar-refractivity contribution in [1.29, 1.82) is 0 Å². The molecule has 0 spiro atoms. The second-order valence-corrected chi connectivity index (χ2v) is 5.68. The second-order valence-electron chi connectivity index (χ2n) is 4.84. The van der Waals surface area contributed by atoms with E-state index in [1.807, 2.05) is 6.92 Å². The number of benzene rings is 1. The first-order valence-electron chi connectivity index (χ1n) is 7.23. The lowest BCUT2D eigenvalue weighted by Gasteiger charge is -2.36. The Kier molecular flexibility index (Phi) is 5.76. The minimum atomic E-state index is -0.214. The van der Waals surface area contributed by atoms with Gasteiger partial charge in [0.15, 0.2) is 0 Å². The molecular weight excluding hydrogens is 286 g/mol. The van der Waals surface area contributed by atoms with Gasteiger partial charge in [0.25, 0.3) is 0 Å². The first-order chi connectivity index (χ1) is 10.2. The highest BCUT2D eigenvalue weighted by atomic mass is 32.2. The Morgan fingerprint density at radius 1 is 1.33 bits per heavy atom. The molecule has 0 saturated carbocycles. The maximum absolute atomic E-state index is 11.7. The van der Waals surface area contributed by atoms with Gasteiger partial charge in [-0.25, -0.2) is 4.79 Å². The highest BCUT2D eigenvalue weighted by molar-refractivity contribution is 7.98. The van der Waals surface area contributed by atoms with Crippen LogP contribution in [0.15, 0.2) is 23.1 Å². The van der Waals surface area contributed by atoms with E-state index in [0.717, 1.165) is 13.1 Å². The van der Waals surface area contributed by atoms with Gasteiger partial charge in [0, 0.05) is 48.9 Å². The number of thioether (sulfide) groups is 1. The minimum Gasteiger partial charge on any atom is -0.450 e. The summed E-state index contributed by atoms with van der Waals surface area (Å²) in [6.07, 6.45) is 1.85. The van der Waals surface area contributed by atoms with Crippen LogP contribution in [0.1, 0.15) is 12.5 Å². The molecule has 0 radical (unpaired) electrons. The van der Waals surface area contributed by atoms with E-state index in [0.29, 0.717) is 26.2 Å². The summed E-state index contributed by atoms with van der Waals surface area (Å²) in [4.78, 5) is 17.0. The third kappa shape index (κ3) is 3.63. The molecule has 1 saturated heterocycles. The number of anilines is 1. The van der Waals surface area contributed by atoms with E-state index in [-0.39, 0.29) is 6.09 Å². The number of hydrogen-bond acceptors (Lipinski definition) is 5. The molecule has 1 aliphatic heterocycles. The molecule has 1 aromatic rings. The molecule has 1 aromatic carbocycles. The summed E-state index contributed by atoms with van der Waals surface area (Å²) >= 11 is 1.72. The number of amides is 1. The first-order valence-corrected chi connectivity index (χ1v) is 8.46. The quantitative estimate of drug-likeness (QED) is 0.864. The predicted molar refractivity (Wildman–Crippen MR) is 86.9 cm³/mol. The van der Waals surface area contributed by atoms with Crippen LogP contribution in [0.4, 0.5) is 10.5 Å². The summed E-state index contributed by atoms with van der Waals surface area (Å²) in [5.41, 5.74) is 8.30. The Hall–Kier alpha value is -1.40. The van der Waals surface area contributed by atoms with Crippen molar-refractivity contribution in [1.82, 2.24) is 4.90 Å². The molecule has 0 bridgehead atoms. The Labute approximate surface area is 130 Å². The highest BCUT2D eigenvalue weighted by Crippen LogP contribution is 2.30. The zero-order chi connectivity index (χ0) is 15.2. The molecule has 116 valence electrons. The van der Waals surface area contributed by atoms with Crippen LogP contribution in [0.25, 0.3) is 0 Å². The van der Waals surface area contributed by atoms with E-state index < -0.39 is 0 Å². The molecule has 6 heteroatoms. The molecule has 1 amide bonds. The lowest BCUT2D eigenvalue weighted by Crippen LogP contribution is -2.49. The van der Waals surface area contributed by atoms with E-state index in [4.69, 9.17) is 10.5 Å². The third-order valence-corrected chi connectivity index (χ3v) is 4.50. The van der Waals surface area contributed by atoms with E-state index in [1.54, 1.807) is 16.7 Å². The highest BCUT2D eigenvalue weighted by Gasteiger charge is 2.23. The molecule has 1 aliphatic rings. The maximum Gasteiger partial charge on any atom is 0.409 e. The summed E-state index contributed by atoms with van der Waals surface area (Å²) in [7, 11) is 0. The largest absolute Gasteiger partial charge is 0.450 e. The van der Waals surface area contributed by atoms with E-state index in [1.165, 1.54) is 16.1 Å². The monoisotopic (exact) mass is 309 g/mol. The molecule has 2 rings (SSSR count). The van der Waals surface area contributed by atoms with Crippen molar-refractivity contribution in [3.05, 3.63) is 23.8 Å². The number of hydrogen-bond donors (Lipinski definition) is 1. The molecule has 1 heterocycles. The van der Waals surface area contributed by atoms with Crippen molar-refractivity contribution < 1.29 is 9.53 Å². The van der Waals surface area contributed by atoms with Crippen molar-refractivity contribution in [2.24, 2.45) is 5.73 Å². The summed E-state index contributed by atoms with van der Waals surface area (Å²) in [5.74, 6) is 0. The zero-order valence-electron chi connectivity index (χ0n) is 12.7. The molecular formula is C15H23N3O2S. The Bertz CT molecular complexity index is 488. The van der Waals surface area contributed by atoms with Crippen molar-refractivity contribution >= 4 is 23.5 Å². The molecule has 5 nitrogen and oxygen atoms in total. The van der Waals surface area contributed by atoms with Crippen molar-refractivity contribution in [2.75, 3.05) is 43.9 Å². The van der Waals surface area contributed by atoms with E-state index in [2.05, 4.69) is 29.4 Å². The predicted octanol–water partition coefficient (Wildman–Crippen LogP) is 2.15. The molecule has 0 aromatic heterocycles. The van der Waals surface area contributed by atoms with Gasteiger partial charge < -0.3 is 20.3 Å². The smallest absolute Gasteiger partial charge is 0.409 e. The molecule has 0 unspecified atom stereocenters. The Morgan fingerprint density at radius 2 is 2.05 bits per heavy atom. The van der Waals surface area contributed by atoms with Crippen LogP contribution in [0, 0.1) is 0 Å². The van der Waals surface area contributed by atoms with Crippen LogP contribution >= 0.6 is 11.8 Å². The number of nitrogens with zero attached hydrogens (tertiary/aromatic N) is 2. The van der Waals surface area contributed by atoms with Crippen LogP contribution < -0.4 is 10.6 Å². The summed E-state index contributed by atoms with van der Waals surface area (Å²) in [6, 6.07) is 6.28. The number of carbonyl (C=O) groups is 1. The number of rotatable bonds is 4. The minimum absolute atomic E-state index is 0.214. The summed E-state index contributed by atoms with van der Waals surface area (Å²) in [5, 5.41) is 0. The average molecular weight is 309 g/mol. The maximum atomic E-state index is 11.7. The fourth-order valence-corrected chi connectivity index (χ4v) is 3.24. The van der Waals surface area contributed by atoms with Crippen LogP contribution in [0.3, 0.4) is 0 Å². The lowest BCUT2D eigenvalue weighted by molar-refractivity contribution is 0.105. The number of piperazine rings is 1. The molecule has 0 atom stereocenters. The molecule has 2 N–H and O–H groups in total. The SMILES string of the molecule is CCOC(=O)N1CCN(c2cccc(SC)c2CN)CC1. The van der Waals surface area contributed by atoms with Gasteiger partial charge in [-0.15, -0.1) is 11.8 Å². The van der Waals surface area contributed by atoms with Gasteiger partial charge in [-0.2, -0.15) is 0 Å². The fourth-order valence-electron chi connectivity index (χ4n) is 2.59. The van der Waals surface area contributed by atoms with E-state index in [9.17, 15) is 4.79 Å². The number of nitrogens with two attached hydrogens (primary N) is 1. The van der Waals surface area contributed by atoms with Crippen molar-refractivity contribution in [2.45, 2.75) is 18.4 Å². The van der Waals surface area contributed by atoms with Gasteiger partial charge in [0.05, 0.1) is 6.61 Å². The van der Waals surface area contributed by atoms with Crippen molar-refractivity contribution in [3.63, 3.8) is 0 Å². The van der Waals surface area contributed by atoms with Crippen molar-refractivity contribution in [3.8, 4) is 0 Å². The second kappa shape index (κ2) is 7.56. The average Bonchev–Trinajstić information content (AvgIpc) is 2.54. The molecule has 1 fully saturated rings.